The van der Waals surface area contributed by atoms with E-state index in [2.05, 4.69) is 177 Å². The molecule has 0 bridgehead atoms. The Morgan fingerprint density at radius 2 is 1.04 bits per heavy atom. The molecule has 0 aliphatic carbocycles. The molecule has 1 nitrogen and oxygen atoms in total. The quantitative estimate of drug-likeness (QED) is 0.152. The van der Waals surface area contributed by atoms with Gasteiger partial charge in [-0.15, -0.1) is 0 Å². The van der Waals surface area contributed by atoms with E-state index in [0.717, 1.165) is 6.42 Å². The first-order valence-electron chi connectivity index (χ1n) is 18.5. The van der Waals surface area contributed by atoms with E-state index in [4.69, 9.17) is 0 Å². The molecule has 0 aromatic heterocycles. The first kappa shape index (κ1) is 34.8. The van der Waals surface area contributed by atoms with Crippen molar-refractivity contribution in [2.45, 2.75) is 118 Å². The van der Waals surface area contributed by atoms with Crippen LogP contribution in [0.1, 0.15) is 109 Å². The Bertz CT molecular complexity index is 1830. The highest BCUT2D eigenvalue weighted by atomic mass is 15.2. The Balaban J connectivity index is 1.50. The molecule has 1 aliphatic rings. The Morgan fingerprint density at radius 3 is 1.51 bits per heavy atom. The molecule has 1 heterocycles. The predicted molar refractivity (Wildman–Crippen MR) is 214 cm³/mol. The fraction of sp³-hybridized carbons (Fsp3) is 0.375. The van der Waals surface area contributed by atoms with E-state index >= 15 is 0 Å². The van der Waals surface area contributed by atoms with Crippen LogP contribution in [-0.2, 0) is 17.3 Å². The van der Waals surface area contributed by atoms with Crippen molar-refractivity contribution in [2.75, 3.05) is 4.90 Å². The van der Waals surface area contributed by atoms with Crippen molar-refractivity contribution in [3.63, 3.8) is 0 Å². The molecule has 6 rings (SSSR count). The highest BCUT2D eigenvalue weighted by molar-refractivity contribution is 5.85. The number of aryl methyl sites for hydroxylation is 2. The summed E-state index contributed by atoms with van der Waals surface area (Å²) in [5.41, 5.74) is 17.5. The Labute approximate surface area is 297 Å². The molecule has 1 heteroatoms. The van der Waals surface area contributed by atoms with Crippen LogP contribution in [-0.4, -0.2) is 5.54 Å². The van der Waals surface area contributed by atoms with Gasteiger partial charge >= 0.3 is 0 Å². The van der Waals surface area contributed by atoms with Gasteiger partial charge in [-0.3, -0.25) is 0 Å². The highest BCUT2D eigenvalue weighted by Crippen LogP contribution is 2.50. The largest absolute Gasteiger partial charge is 0.335 e. The summed E-state index contributed by atoms with van der Waals surface area (Å²) in [5.74, 6) is 0. The third-order valence-electron chi connectivity index (χ3n) is 10.9. The smallest absolute Gasteiger partial charge is 0.0475 e. The molecule has 49 heavy (non-hydrogen) atoms. The lowest BCUT2D eigenvalue weighted by Crippen LogP contribution is -2.41. The van der Waals surface area contributed by atoms with Crippen molar-refractivity contribution in [3.05, 3.63) is 131 Å². The van der Waals surface area contributed by atoms with E-state index in [0.29, 0.717) is 0 Å². The maximum absolute atomic E-state index is 2.72. The fourth-order valence-corrected chi connectivity index (χ4v) is 7.84. The van der Waals surface area contributed by atoms with Crippen molar-refractivity contribution >= 4 is 11.4 Å². The van der Waals surface area contributed by atoms with Gasteiger partial charge < -0.3 is 4.90 Å². The second kappa shape index (κ2) is 13.3. The number of benzene rings is 5. The molecule has 0 fully saturated rings. The summed E-state index contributed by atoms with van der Waals surface area (Å²) in [4.78, 5) is 2.72. The van der Waals surface area contributed by atoms with E-state index in [1.807, 2.05) is 0 Å². The molecule has 0 amide bonds. The van der Waals surface area contributed by atoms with Crippen LogP contribution in [0, 0.1) is 13.8 Å². The second-order valence-corrected chi connectivity index (χ2v) is 17.0. The first-order valence-corrected chi connectivity index (χ1v) is 18.5. The molecule has 0 saturated heterocycles. The molecule has 1 unspecified atom stereocenters. The van der Waals surface area contributed by atoms with Crippen LogP contribution in [0.2, 0.25) is 0 Å². The van der Waals surface area contributed by atoms with E-state index in [1.54, 1.807) is 0 Å². The third-order valence-corrected chi connectivity index (χ3v) is 10.9. The Morgan fingerprint density at radius 1 is 0.571 bits per heavy atom. The summed E-state index contributed by atoms with van der Waals surface area (Å²) in [7, 11) is 0. The van der Waals surface area contributed by atoms with E-state index in [9.17, 15) is 0 Å². The molecule has 5 aromatic carbocycles. The monoisotopic (exact) mass is 647 g/mol. The van der Waals surface area contributed by atoms with Crippen molar-refractivity contribution in [1.82, 2.24) is 0 Å². The SMILES string of the molecule is CCCCCC1(C)Cc2ccc(-c3cc(-c4ccc(C(C)(C)C)cc4)cc(-c4ccc(C(C)(C)C)cc4)c3)cc2N1c1c(C)cccc1C. The summed E-state index contributed by atoms with van der Waals surface area (Å²) >= 11 is 0. The Kier molecular flexibility index (Phi) is 9.44. The second-order valence-electron chi connectivity index (χ2n) is 17.0. The van der Waals surface area contributed by atoms with Gasteiger partial charge in [0, 0.05) is 16.9 Å². The number of para-hydroxylation sites is 1. The fourth-order valence-electron chi connectivity index (χ4n) is 7.84. The lowest BCUT2D eigenvalue weighted by Gasteiger charge is -2.39. The standard InChI is InChI=1S/C48H57N/c1-11-12-13-27-48(10)32-38-18-17-37(31-44(38)49(48)45-33(2)15-14-16-34(45)3)41-29-39(35-19-23-42(24-20-35)46(4,5)6)28-40(30-41)36-21-25-43(26-22-36)47(7,8)9/h14-26,28-31H,11-13,27,32H2,1-10H3. The molecule has 5 aromatic rings. The highest BCUT2D eigenvalue weighted by Gasteiger charge is 2.41. The lowest BCUT2D eigenvalue weighted by atomic mass is 9.85. The number of nitrogens with zero attached hydrogens (tertiary/aromatic N) is 1. The van der Waals surface area contributed by atoms with Crippen LogP contribution in [0.3, 0.4) is 0 Å². The van der Waals surface area contributed by atoms with Crippen LogP contribution < -0.4 is 4.90 Å². The number of rotatable bonds is 8. The zero-order valence-corrected chi connectivity index (χ0v) is 31.8. The summed E-state index contributed by atoms with van der Waals surface area (Å²) in [6.07, 6.45) is 6.04. The zero-order chi connectivity index (χ0) is 35.1. The number of fused-ring (bicyclic) bond motifs is 1. The molecule has 0 saturated carbocycles. The minimum absolute atomic E-state index is 0.0452. The predicted octanol–water partition coefficient (Wildman–Crippen LogP) is 13.9. The molecular weight excluding hydrogens is 591 g/mol. The van der Waals surface area contributed by atoms with Gasteiger partial charge in [0.1, 0.15) is 0 Å². The van der Waals surface area contributed by atoms with Crippen LogP contribution in [0.5, 0.6) is 0 Å². The van der Waals surface area contributed by atoms with Gasteiger partial charge in [0.05, 0.1) is 0 Å². The average Bonchev–Trinajstić information content (AvgIpc) is 3.35. The zero-order valence-electron chi connectivity index (χ0n) is 31.8. The number of anilines is 2. The van der Waals surface area contributed by atoms with Gasteiger partial charge in [-0.2, -0.15) is 0 Å². The van der Waals surface area contributed by atoms with Gasteiger partial charge in [-0.1, -0.05) is 147 Å². The summed E-state index contributed by atoms with van der Waals surface area (Å²) < 4.78 is 0. The molecule has 1 aliphatic heterocycles. The lowest BCUT2D eigenvalue weighted by molar-refractivity contribution is 0.420. The third kappa shape index (κ3) is 7.14. The first-order chi connectivity index (χ1) is 23.2. The van der Waals surface area contributed by atoms with Gasteiger partial charge in [0.25, 0.3) is 0 Å². The van der Waals surface area contributed by atoms with E-state index in [1.165, 1.54) is 98.3 Å². The molecule has 1 atom stereocenters. The minimum Gasteiger partial charge on any atom is -0.335 e. The number of hydrogen-bond acceptors (Lipinski definition) is 1. The maximum atomic E-state index is 2.72. The molecular formula is C48H57N. The molecule has 254 valence electrons. The molecule has 0 radical (unpaired) electrons. The van der Waals surface area contributed by atoms with Crippen LogP contribution in [0.15, 0.2) is 103 Å². The molecule has 0 spiro atoms. The topological polar surface area (TPSA) is 3.24 Å². The van der Waals surface area contributed by atoms with Crippen molar-refractivity contribution < 1.29 is 0 Å². The van der Waals surface area contributed by atoms with Crippen molar-refractivity contribution in [2.24, 2.45) is 0 Å². The normalized spacial score (nSPS) is 16.2. The van der Waals surface area contributed by atoms with Crippen molar-refractivity contribution in [1.29, 1.82) is 0 Å². The van der Waals surface area contributed by atoms with Crippen LogP contribution >= 0.6 is 0 Å². The summed E-state index contributed by atoms with van der Waals surface area (Å²) in [5, 5.41) is 0. The van der Waals surface area contributed by atoms with Gasteiger partial charge in [0.2, 0.25) is 0 Å². The maximum Gasteiger partial charge on any atom is 0.0475 e. The number of unbranched alkanes of at least 4 members (excludes halogenated alkanes) is 2. The minimum atomic E-state index is 0.0452. The number of hydrogen-bond donors (Lipinski definition) is 0. The van der Waals surface area contributed by atoms with Gasteiger partial charge in [-0.05, 0) is 130 Å². The van der Waals surface area contributed by atoms with E-state index < -0.39 is 0 Å². The van der Waals surface area contributed by atoms with Crippen LogP contribution in [0.4, 0.5) is 11.4 Å². The summed E-state index contributed by atoms with van der Waals surface area (Å²) in [6, 6.07) is 39.6. The van der Waals surface area contributed by atoms with Gasteiger partial charge in [0.15, 0.2) is 0 Å². The summed E-state index contributed by atoms with van der Waals surface area (Å²) in [6.45, 7) is 23.1. The molecule has 0 N–H and O–H groups in total. The van der Waals surface area contributed by atoms with Gasteiger partial charge in [-0.25, -0.2) is 0 Å². The van der Waals surface area contributed by atoms with E-state index in [-0.39, 0.29) is 16.4 Å². The van der Waals surface area contributed by atoms with Crippen molar-refractivity contribution in [3.8, 4) is 33.4 Å². The average molecular weight is 648 g/mol. The van der Waals surface area contributed by atoms with Crippen LogP contribution in [0.25, 0.3) is 33.4 Å². The Hall–Kier alpha value is -4.10.